The number of ether oxygens (including phenoxy) is 1. The van der Waals surface area contributed by atoms with E-state index in [-0.39, 0.29) is 0 Å². The number of carbonyl (C=O) groups is 1. The van der Waals surface area contributed by atoms with E-state index in [0.29, 0.717) is 18.9 Å². The zero-order valence-electron chi connectivity index (χ0n) is 7.41. The van der Waals surface area contributed by atoms with Gasteiger partial charge in [-0.3, -0.25) is 0 Å². The third-order valence-corrected chi connectivity index (χ3v) is 2.41. The predicted molar refractivity (Wildman–Crippen MR) is 45.7 cm³/mol. The van der Waals surface area contributed by atoms with Crippen LogP contribution in [0.5, 0.6) is 0 Å². The molecule has 2 rings (SSSR count). The number of aromatic carboxylic acids is 1. The Morgan fingerprint density at radius 2 is 2.46 bits per heavy atom. The van der Waals surface area contributed by atoms with Crippen LogP contribution < -0.4 is 0 Å². The first-order valence-corrected chi connectivity index (χ1v) is 4.18. The zero-order valence-corrected chi connectivity index (χ0v) is 7.41. The average Bonchev–Trinajstić information content (AvgIpc) is 2.45. The number of hydrogen-bond acceptors (Lipinski definition) is 2. The van der Waals surface area contributed by atoms with Gasteiger partial charge in [-0.15, -0.1) is 0 Å². The van der Waals surface area contributed by atoms with Crippen molar-refractivity contribution < 1.29 is 14.6 Å². The second-order valence-corrected chi connectivity index (χ2v) is 3.17. The van der Waals surface area contributed by atoms with Crippen LogP contribution in [0.1, 0.15) is 21.7 Å². The van der Waals surface area contributed by atoms with E-state index in [1.807, 2.05) is 0 Å². The third-order valence-electron chi connectivity index (χ3n) is 2.41. The maximum Gasteiger partial charge on any atom is 0.352 e. The van der Waals surface area contributed by atoms with Crippen molar-refractivity contribution in [2.45, 2.75) is 13.0 Å². The molecular weight excluding hydrogens is 170 g/mol. The van der Waals surface area contributed by atoms with E-state index in [2.05, 4.69) is 0 Å². The largest absolute Gasteiger partial charge is 0.477 e. The lowest BCUT2D eigenvalue weighted by Gasteiger charge is -2.13. The van der Waals surface area contributed by atoms with Crippen molar-refractivity contribution in [3.05, 3.63) is 23.0 Å². The molecule has 1 aliphatic heterocycles. The van der Waals surface area contributed by atoms with Crippen LogP contribution in [0, 0.1) is 0 Å². The van der Waals surface area contributed by atoms with E-state index in [1.54, 1.807) is 17.7 Å². The first-order chi connectivity index (χ1) is 6.20. The number of carboxylic acids is 1. The molecule has 0 unspecified atom stereocenters. The zero-order chi connectivity index (χ0) is 9.42. The molecule has 1 aromatic heterocycles. The summed E-state index contributed by atoms with van der Waals surface area (Å²) in [5.74, 6) is -0.878. The summed E-state index contributed by atoms with van der Waals surface area (Å²) in [5, 5.41) is 8.85. The fourth-order valence-electron chi connectivity index (χ4n) is 1.72. The quantitative estimate of drug-likeness (QED) is 0.697. The molecule has 0 saturated heterocycles. The van der Waals surface area contributed by atoms with E-state index in [9.17, 15) is 4.79 Å². The van der Waals surface area contributed by atoms with Crippen LogP contribution in [0.2, 0.25) is 0 Å². The van der Waals surface area contributed by atoms with Crippen molar-refractivity contribution >= 4 is 5.97 Å². The third kappa shape index (κ3) is 1.23. The van der Waals surface area contributed by atoms with Gasteiger partial charge in [-0.1, -0.05) is 0 Å². The molecule has 4 nitrogen and oxygen atoms in total. The predicted octanol–water partition coefficient (Wildman–Crippen LogP) is 0.796. The molecule has 1 N–H and O–H groups in total. The molecule has 13 heavy (non-hydrogen) atoms. The van der Waals surface area contributed by atoms with Gasteiger partial charge in [-0.25, -0.2) is 4.79 Å². The summed E-state index contributed by atoms with van der Waals surface area (Å²) < 4.78 is 6.97. The summed E-state index contributed by atoms with van der Waals surface area (Å²) in [7, 11) is 1.79. The number of carboxylic acid groups (broad SMARTS) is 1. The molecular formula is C9H11NO3. The molecule has 70 valence electrons. The Hall–Kier alpha value is -1.29. The SMILES string of the molecule is Cn1c(C(=O)O)cc2c1CCOC2. The van der Waals surface area contributed by atoms with Crippen LogP contribution in [0.3, 0.4) is 0 Å². The van der Waals surface area contributed by atoms with Gasteiger partial charge in [-0.05, 0) is 11.6 Å². The minimum absolute atomic E-state index is 0.343. The second-order valence-electron chi connectivity index (χ2n) is 3.17. The lowest BCUT2D eigenvalue weighted by molar-refractivity contribution is 0.0686. The van der Waals surface area contributed by atoms with Crippen LogP contribution in [-0.4, -0.2) is 22.2 Å². The highest BCUT2D eigenvalue weighted by atomic mass is 16.5. The lowest BCUT2D eigenvalue weighted by Crippen LogP contribution is -2.13. The minimum atomic E-state index is -0.878. The van der Waals surface area contributed by atoms with Crippen LogP contribution in [-0.2, 0) is 24.8 Å². The highest BCUT2D eigenvalue weighted by Crippen LogP contribution is 2.20. The number of rotatable bonds is 1. The fraction of sp³-hybridized carbons (Fsp3) is 0.444. The topological polar surface area (TPSA) is 51.5 Å². The van der Waals surface area contributed by atoms with Crippen molar-refractivity contribution in [1.82, 2.24) is 4.57 Å². The number of aromatic nitrogens is 1. The van der Waals surface area contributed by atoms with Crippen LogP contribution in [0.4, 0.5) is 0 Å². The Kier molecular flexibility index (Phi) is 1.84. The molecule has 0 radical (unpaired) electrons. The van der Waals surface area contributed by atoms with E-state index < -0.39 is 5.97 Å². The van der Waals surface area contributed by atoms with E-state index >= 15 is 0 Å². The van der Waals surface area contributed by atoms with Crippen molar-refractivity contribution in [2.75, 3.05) is 6.61 Å². The maximum absolute atomic E-state index is 10.8. The Morgan fingerprint density at radius 1 is 1.69 bits per heavy atom. The number of fused-ring (bicyclic) bond motifs is 1. The van der Waals surface area contributed by atoms with Gasteiger partial charge < -0.3 is 14.4 Å². The van der Waals surface area contributed by atoms with Crippen molar-refractivity contribution in [2.24, 2.45) is 7.05 Å². The van der Waals surface area contributed by atoms with Gasteiger partial charge in [0.1, 0.15) is 5.69 Å². The van der Waals surface area contributed by atoms with Gasteiger partial charge in [0.15, 0.2) is 0 Å². The molecule has 0 spiro atoms. The van der Waals surface area contributed by atoms with Gasteiger partial charge in [0.2, 0.25) is 0 Å². The summed E-state index contributed by atoms with van der Waals surface area (Å²) in [5.41, 5.74) is 2.44. The summed E-state index contributed by atoms with van der Waals surface area (Å²) in [6.45, 7) is 1.22. The standard InChI is InChI=1S/C9H11NO3/c1-10-7-2-3-13-5-6(7)4-8(10)9(11)12/h4H,2-3,5H2,1H3,(H,11,12). The monoisotopic (exact) mass is 181 g/mol. The molecule has 0 amide bonds. The molecule has 0 atom stereocenters. The molecule has 2 heterocycles. The summed E-state index contributed by atoms with van der Waals surface area (Å²) in [6, 6.07) is 1.69. The van der Waals surface area contributed by atoms with E-state index in [4.69, 9.17) is 9.84 Å². The van der Waals surface area contributed by atoms with Crippen molar-refractivity contribution in [3.63, 3.8) is 0 Å². The van der Waals surface area contributed by atoms with Crippen LogP contribution in [0.15, 0.2) is 6.07 Å². The molecule has 0 fully saturated rings. The highest BCUT2D eigenvalue weighted by molar-refractivity contribution is 5.86. The molecule has 1 aliphatic rings. The molecule has 4 heteroatoms. The normalized spacial score (nSPS) is 15.5. The molecule has 1 aromatic rings. The fourth-order valence-corrected chi connectivity index (χ4v) is 1.72. The highest BCUT2D eigenvalue weighted by Gasteiger charge is 2.19. The van der Waals surface area contributed by atoms with Crippen molar-refractivity contribution in [3.8, 4) is 0 Å². The minimum Gasteiger partial charge on any atom is -0.477 e. The van der Waals surface area contributed by atoms with E-state index in [0.717, 1.165) is 17.7 Å². The first kappa shape index (κ1) is 8.31. The van der Waals surface area contributed by atoms with Crippen LogP contribution >= 0.6 is 0 Å². The molecule has 0 bridgehead atoms. The van der Waals surface area contributed by atoms with Gasteiger partial charge in [0, 0.05) is 19.2 Å². The Labute approximate surface area is 75.7 Å². The molecule has 0 aromatic carbocycles. The van der Waals surface area contributed by atoms with Crippen molar-refractivity contribution in [1.29, 1.82) is 0 Å². The number of hydrogen-bond donors (Lipinski definition) is 1. The summed E-state index contributed by atoms with van der Waals surface area (Å²) in [6.07, 6.45) is 0.805. The Bertz CT molecular complexity index is 354. The van der Waals surface area contributed by atoms with Gasteiger partial charge >= 0.3 is 5.97 Å². The van der Waals surface area contributed by atoms with Gasteiger partial charge in [-0.2, -0.15) is 0 Å². The average molecular weight is 181 g/mol. The lowest BCUT2D eigenvalue weighted by atomic mass is 10.2. The van der Waals surface area contributed by atoms with Gasteiger partial charge in [0.25, 0.3) is 0 Å². The first-order valence-electron chi connectivity index (χ1n) is 4.18. The summed E-state index contributed by atoms with van der Waals surface area (Å²) >= 11 is 0. The summed E-state index contributed by atoms with van der Waals surface area (Å²) in [4.78, 5) is 10.8. The second kappa shape index (κ2) is 2.88. The van der Waals surface area contributed by atoms with Crippen LogP contribution in [0.25, 0.3) is 0 Å². The Morgan fingerprint density at radius 3 is 3.08 bits per heavy atom. The maximum atomic E-state index is 10.8. The number of nitrogens with zero attached hydrogens (tertiary/aromatic N) is 1. The smallest absolute Gasteiger partial charge is 0.352 e. The molecule has 0 saturated carbocycles. The Balaban J connectivity index is 2.50. The molecule has 0 aliphatic carbocycles. The van der Waals surface area contributed by atoms with Gasteiger partial charge in [0.05, 0.1) is 13.2 Å². The van der Waals surface area contributed by atoms with E-state index in [1.165, 1.54) is 0 Å².